The van der Waals surface area contributed by atoms with Gasteiger partial charge >= 0.3 is 0 Å². The summed E-state index contributed by atoms with van der Waals surface area (Å²) in [5, 5.41) is 3.68. The fourth-order valence-electron chi connectivity index (χ4n) is 3.79. The molecule has 2 amide bonds. The summed E-state index contributed by atoms with van der Waals surface area (Å²) in [6.07, 6.45) is 5.19. The van der Waals surface area contributed by atoms with Crippen molar-refractivity contribution in [3.05, 3.63) is 41.1 Å². The first-order valence-corrected chi connectivity index (χ1v) is 9.89. The van der Waals surface area contributed by atoms with E-state index in [9.17, 15) is 9.59 Å². The number of amides is 2. The number of thiocarbonyl (C=S) groups is 1. The minimum Gasteiger partial charge on any atom is -0.356 e. The number of rotatable bonds is 2. The first-order valence-electron chi connectivity index (χ1n) is 9.48. The SMILES string of the molecule is CC(=O)N1C(=S)NC(=O)/C1=C\c1cc2cc(C)ccc2nc1N1CCCCC1. The molecule has 2 saturated heterocycles. The third-order valence-electron chi connectivity index (χ3n) is 5.14. The molecule has 3 heterocycles. The number of benzene rings is 1. The van der Waals surface area contributed by atoms with E-state index in [1.54, 1.807) is 6.08 Å². The number of nitrogens with one attached hydrogen (secondary N) is 1. The molecule has 1 aromatic carbocycles. The lowest BCUT2D eigenvalue weighted by Gasteiger charge is -2.29. The number of hydrogen-bond donors (Lipinski definition) is 1. The maximum absolute atomic E-state index is 12.4. The van der Waals surface area contributed by atoms with Crippen molar-refractivity contribution >= 4 is 51.9 Å². The average molecular weight is 395 g/mol. The minimum absolute atomic E-state index is 0.118. The van der Waals surface area contributed by atoms with Crippen molar-refractivity contribution in [2.75, 3.05) is 18.0 Å². The van der Waals surface area contributed by atoms with Crippen molar-refractivity contribution in [3.8, 4) is 0 Å². The molecular weight excluding hydrogens is 372 g/mol. The second-order valence-corrected chi connectivity index (χ2v) is 7.68. The highest BCUT2D eigenvalue weighted by Crippen LogP contribution is 2.30. The van der Waals surface area contributed by atoms with Crippen LogP contribution >= 0.6 is 12.2 Å². The van der Waals surface area contributed by atoms with Gasteiger partial charge in [-0.1, -0.05) is 11.6 Å². The zero-order valence-electron chi connectivity index (χ0n) is 16.0. The molecule has 0 radical (unpaired) electrons. The maximum Gasteiger partial charge on any atom is 0.274 e. The Hall–Kier alpha value is -2.80. The summed E-state index contributed by atoms with van der Waals surface area (Å²) in [6, 6.07) is 8.19. The Morgan fingerprint density at radius 1 is 1.21 bits per heavy atom. The van der Waals surface area contributed by atoms with Crippen LogP contribution in [0.5, 0.6) is 0 Å². The number of fused-ring (bicyclic) bond motifs is 1. The van der Waals surface area contributed by atoms with Gasteiger partial charge in [0.25, 0.3) is 5.91 Å². The van der Waals surface area contributed by atoms with Gasteiger partial charge in [0, 0.05) is 31.0 Å². The largest absolute Gasteiger partial charge is 0.356 e. The van der Waals surface area contributed by atoms with Crippen molar-refractivity contribution in [1.29, 1.82) is 0 Å². The Kier molecular flexibility index (Phi) is 4.85. The molecule has 28 heavy (non-hydrogen) atoms. The first kappa shape index (κ1) is 18.6. The summed E-state index contributed by atoms with van der Waals surface area (Å²) in [6.45, 7) is 5.30. The van der Waals surface area contributed by atoms with Crippen LogP contribution in [0, 0.1) is 6.92 Å². The molecule has 0 atom stereocenters. The number of carbonyl (C=O) groups excluding carboxylic acids is 2. The van der Waals surface area contributed by atoms with Gasteiger partial charge in [0.05, 0.1) is 5.52 Å². The van der Waals surface area contributed by atoms with Crippen LogP contribution in [-0.2, 0) is 9.59 Å². The molecule has 0 bridgehead atoms. The second-order valence-electron chi connectivity index (χ2n) is 7.29. The van der Waals surface area contributed by atoms with E-state index in [2.05, 4.69) is 16.3 Å². The van der Waals surface area contributed by atoms with Gasteiger partial charge in [0.2, 0.25) is 5.91 Å². The zero-order valence-corrected chi connectivity index (χ0v) is 16.8. The van der Waals surface area contributed by atoms with Gasteiger partial charge in [0.15, 0.2) is 5.11 Å². The molecule has 7 heteroatoms. The van der Waals surface area contributed by atoms with Gasteiger partial charge in [-0.15, -0.1) is 0 Å². The molecule has 0 spiro atoms. The number of aromatic nitrogens is 1. The monoisotopic (exact) mass is 394 g/mol. The minimum atomic E-state index is -0.367. The Morgan fingerprint density at radius 3 is 2.68 bits per heavy atom. The average Bonchev–Trinajstić information content (AvgIpc) is 2.95. The Bertz CT molecular complexity index is 1020. The highest BCUT2D eigenvalue weighted by Gasteiger charge is 2.33. The molecule has 4 rings (SSSR count). The summed E-state index contributed by atoms with van der Waals surface area (Å²) in [7, 11) is 0. The van der Waals surface area contributed by atoms with Crippen LogP contribution in [0.4, 0.5) is 5.82 Å². The number of aryl methyl sites for hydroxylation is 1. The van der Waals surface area contributed by atoms with Gasteiger partial charge < -0.3 is 4.90 Å². The zero-order chi connectivity index (χ0) is 19.8. The summed E-state index contributed by atoms with van der Waals surface area (Å²) in [4.78, 5) is 32.9. The lowest BCUT2D eigenvalue weighted by molar-refractivity contribution is -0.125. The predicted molar refractivity (Wildman–Crippen MR) is 114 cm³/mol. The number of hydrogen-bond acceptors (Lipinski definition) is 5. The third-order valence-corrected chi connectivity index (χ3v) is 5.42. The maximum atomic E-state index is 12.4. The van der Waals surface area contributed by atoms with Gasteiger partial charge in [-0.05, 0) is 62.7 Å². The van der Waals surface area contributed by atoms with E-state index in [0.29, 0.717) is 0 Å². The van der Waals surface area contributed by atoms with Crippen LogP contribution in [-0.4, -0.2) is 39.9 Å². The first-order chi connectivity index (χ1) is 13.4. The summed E-state index contributed by atoms with van der Waals surface area (Å²) in [5.41, 5.74) is 3.12. The number of piperidine rings is 1. The molecule has 2 aromatic rings. The second kappa shape index (κ2) is 7.31. The molecule has 1 N–H and O–H groups in total. The van der Waals surface area contributed by atoms with E-state index in [1.807, 2.05) is 25.1 Å². The summed E-state index contributed by atoms with van der Waals surface area (Å²) < 4.78 is 0. The van der Waals surface area contributed by atoms with E-state index in [0.717, 1.165) is 53.8 Å². The van der Waals surface area contributed by atoms with E-state index in [-0.39, 0.29) is 22.6 Å². The van der Waals surface area contributed by atoms with Crippen molar-refractivity contribution in [2.45, 2.75) is 33.1 Å². The molecule has 0 unspecified atom stereocenters. The van der Waals surface area contributed by atoms with Gasteiger partial charge in [-0.2, -0.15) is 0 Å². The van der Waals surface area contributed by atoms with Crippen molar-refractivity contribution < 1.29 is 9.59 Å². The van der Waals surface area contributed by atoms with E-state index in [4.69, 9.17) is 17.2 Å². The van der Waals surface area contributed by atoms with E-state index >= 15 is 0 Å². The molecule has 0 saturated carbocycles. The normalized spacial score (nSPS) is 18.9. The summed E-state index contributed by atoms with van der Waals surface area (Å²) >= 11 is 5.15. The highest BCUT2D eigenvalue weighted by atomic mass is 32.1. The van der Waals surface area contributed by atoms with Crippen LogP contribution in [0.25, 0.3) is 17.0 Å². The van der Waals surface area contributed by atoms with Gasteiger partial charge in [-0.3, -0.25) is 19.8 Å². The van der Waals surface area contributed by atoms with Gasteiger partial charge in [-0.25, -0.2) is 4.98 Å². The van der Waals surface area contributed by atoms with E-state index < -0.39 is 0 Å². The van der Waals surface area contributed by atoms with Gasteiger partial charge in [0.1, 0.15) is 11.5 Å². The predicted octanol–water partition coefficient (Wildman–Crippen LogP) is 3.14. The number of carbonyl (C=O) groups is 2. The Labute approximate surface area is 169 Å². The molecular formula is C21H22N4O2S. The Morgan fingerprint density at radius 2 is 1.96 bits per heavy atom. The quantitative estimate of drug-likeness (QED) is 0.626. The van der Waals surface area contributed by atoms with Crippen molar-refractivity contribution in [2.24, 2.45) is 0 Å². The van der Waals surface area contributed by atoms with Crippen LogP contribution in [0.15, 0.2) is 30.0 Å². The third kappa shape index (κ3) is 3.38. The molecule has 0 aliphatic carbocycles. The van der Waals surface area contributed by atoms with Crippen molar-refractivity contribution in [1.82, 2.24) is 15.2 Å². The lowest BCUT2D eigenvalue weighted by atomic mass is 10.1. The molecule has 144 valence electrons. The highest BCUT2D eigenvalue weighted by molar-refractivity contribution is 7.80. The summed E-state index contributed by atoms with van der Waals surface area (Å²) in [5.74, 6) is 0.186. The Balaban J connectivity index is 1.89. The molecule has 1 aromatic heterocycles. The van der Waals surface area contributed by atoms with E-state index in [1.165, 1.54) is 18.2 Å². The van der Waals surface area contributed by atoms with Crippen LogP contribution in [0.1, 0.15) is 37.3 Å². The molecule has 2 aliphatic rings. The topological polar surface area (TPSA) is 65.5 Å². The smallest absolute Gasteiger partial charge is 0.274 e. The molecule has 6 nitrogen and oxygen atoms in total. The fourth-order valence-corrected chi connectivity index (χ4v) is 4.10. The molecule has 2 aliphatic heterocycles. The lowest BCUT2D eigenvalue weighted by Crippen LogP contribution is -2.31. The fraction of sp³-hybridized carbons (Fsp3) is 0.333. The van der Waals surface area contributed by atoms with Crippen LogP contribution in [0.3, 0.4) is 0 Å². The number of anilines is 1. The standard InChI is InChI=1S/C21H22N4O2S/c1-13-6-7-17-15(10-13)11-16(19(22-17)24-8-4-3-5-9-24)12-18-20(27)23-21(28)25(18)14(2)26/h6-7,10-12H,3-5,8-9H2,1-2H3,(H,23,27,28)/b18-12+. The van der Waals surface area contributed by atoms with Crippen LogP contribution in [0.2, 0.25) is 0 Å². The number of pyridine rings is 1. The molecule has 2 fully saturated rings. The van der Waals surface area contributed by atoms with Crippen LogP contribution < -0.4 is 10.2 Å². The van der Waals surface area contributed by atoms with Crippen molar-refractivity contribution in [3.63, 3.8) is 0 Å². The number of nitrogens with zero attached hydrogens (tertiary/aromatic N) is 3.